The van der Waals surface area contributed by atoms with Crippen molar-refractivity contribution in [1.82, 2.24) is 24.1 Å². The van der Waals surface area contributed by atoms with E-state index in [1.807, 2.05) is 12.3 Å². The first kappa shape index (κ1) is 28.0. The van der Waals surface area contributed by atoms with Crippen LogP contribution < -0.4 is 0 Å². The van der Waals surface area contributed by atoms with Gasteiger partial charge in [-0.15, -0.1) is 0 Å². The number of pyridine rings is 1. The lowest BCUT2D eigenvalue weighted by atomic mass is 10.0. The molecule has 0 saturated heterocycles. The van der Waals surface area contributed by atoms with Crippen molar-refractivity contribution in [2.75, 3.05) is 0 Å². The molecular weight excluding hydrogens is 623 g/mol. The molecular formula is C46H29N5. The predicted octanol–water partition coefficient (Wildman–Crippen LogP) is 11.0. The molecule has 1 aliphatic carbocycles. The molecule has 5 heteroatoms. The molecule has 0 bridgehead atoms. The third kappa shape index (κ3) is 4.25. The van der Waals surface area contributed by atoms with E-state index >= 15 is 0 Å². The SMILES string of the molecule is c1ccc(-n2c3ccccc3c3cc(-c4ccc5c(c4)c4ccccc4n5-c4cccc(-c5ncc6c(n5)Cc5ccccc5-6)n4)ccc32)cc1. The van der Waals surface area contributed by atoms with E-state index in [4.69, 9.17) is 15.0 Å². The van der Waals surface area contributed by atoms with Gasteiger partial charge in [0.05, 0.1) is 27.8 Å². The highest BCUT2D eigenvalue weighted by Crippen LogP contribution is 2.39. The van der Waals surface area contributed by atoms with Crippen molar-refractivity contribution in [3.05, 3.63) is 175 Å². The van der Waals surface area contributed by atoms with Crippen molar-refractivity contribution in [1.29, 1.82) is 0 Å². The number of hydrogen-bond donors (Lipinski definition) is 0. The van der Waals surface area contributed by atoms with Crippen LogP contribution in [0.3, 0.4) is 0 Å². The van der Waals surface area contributed by atoms with Gasteiger partial charge in [-0.05, 0) is 82.9 Å². The van der Waals surface area contributed by atoms with E-state index in [9.17, 15) is 0 Å². The highest BCUT2D eigenvalue weighted by molar-refractivity contribution is 6.12. The Morgan fingerprint density at radius 2 is 1.08 bits per heavy atom. The summed E-state index contributed by atoms with van der Waals surface area (Å²) in [5.74, 6) is 1.49. The zero-order chi connectivity index (χ0) is 33.5. The first-order chi connectivity index (χ1) is 25.3. The molecule has 238 valence electrons. The molecule has 1 aliphatic rings. The van der Waals surface area contributed by atoms with Gasteiger partial charge < -0.3 is 4.57 Å². The second kappa shape index (κ2) is 10.8. The molecule has 4 aromatic heterocycles. The van der Waals surface area contributed by atoms with Crippen LogP contribution in [-0.2, 0) is 6.42 Å². The molecule has 0 aliphatic heterocycles. The minimum Gasteiger partial charge on any atom is -0.309 e. The van der Waals surface area contributed by atoms with Gasteiger partial charge in [0, 0.05) is 45.4 Å². The van der Waals surface area contributed by atoms with Crippen LogP contribution in [0.1, 0.15) is 11.3 Å². The number of aromatic nitrogens is 5. The van der Waals surface area contributed by atoms with Gasteiger partial charge in [-0.2, -0.15) is 0 Å². The summed E-state index contributed by atoms with van der Waals surface area (Å²) in [6.07, 6.45) is 2.77. The summed E-state index contributed by atoms with van der Waals surface area (Å²) in [6.45, 7) is 0. The summed E-state index contributed by atoms with van der Waals surface area (Å²) >= 11 is 0. The van der Waals surface area contributed by atoms with Gasteiger partial charge in [0.15, 0.2) is 5.82 Å². The molecule has 10 aromatic rings. The van der Waals surface area contributed by atoms with Crippen LogP contribution in [0.15, 0.2) is 164 Å². The molecule has 0 saturated carbocycles. The molecule has 0 atom stereocenters. The van der Waals surface area contributed by atoms with Crippen LogP contribution in [0, 0.1) is 0 Å². The van der Waals surface area contributed by atoms with Gasteiger partial charge >= 0.3 is 0 Å². The largest absolute Gasteiger partial charge is 0.309 e. The van der Waals surface area contributed by atoms with Crippen molar-refractivity contribution in [3.63, 3.8) is 0 Å². The van der Waals surface area contributed by atoms with Gasteiger partial charge in [-0.1, -0.05) is 97.1 Å². The number of benzene rings is 6. The normalized spacial score (nSPS) is 12.2. The van der Waals surface area contributed by atoms with Crippen molar-refractivity contribution in [2.24, 2.45) is 0 Å². The second-order valence-electron chi connectivity index (χ2n) is 13.3. The van der Waals surface area contributed by atoms with Gasteiger partial charge in [0.1, 0.15) is 11.5 Å². The smallest absolute Gasteiger partial charge is 0.178 e. The highest BCUT2D eigenvalue weighted by Gasteiger charge is 2.22. The molecule has 0 radical (unpaired) electrons. The molecule has 0 fully saturated rings. The lowest BCUT2D eigenvalue weighted by Crippen LogP contribution is -2.01. The zero-order valence-corrected chi connectivity index (χ0v) is 27.5. The van der Waals surface area contributed by atoms with Crippen LogP contribution in [0.25, 0.3) is 88.9 Å². The fraction of sp³-hybridized carbons (Fsp3) is 0.0217. The maximum absolute atomic E-state index is 5.17. The lowest BCUT2D eigenvalue weighted by Gasteiger charge is -2.10. The second-order valence-corrected chi connectivity index (χ2v) is 13.3. The molecule has 4 heterocycles. The van der Waals surface area contributed by atoms with Crippen LogP contribution in [-0.4, -0.2) is 24.1 Å². The fourth-order valence-electron chi connectivity index (χ4n) is 8.10. The number of nitrogens with zero attached hydrogens (tertiary/aromatic N) is 5. The van der Waals surface area contributed by atoms with E-state index in [2.05, 4.69) is 161 Å². The van der Waals surface area contributed by atoms with Crippen LogP contribution in [0.4, 0.5) is 0 Å². The van der Waals surface area contributed by atoms with Crippen molar-refractivity contribution in [2.45, 2.75) is 6.42 Å². The van der Waals surface area contributed by atoms with Gasteiger partial charge in [-0.3, -0.25) is 4.57 Å². The Kier molecular flexibility index (Phi) is 5.95. The molecule has 0 spiro atoms. The van der Waals surface area contributed by atoms with Crippen molar-refractivity contribution in [3.8, 4) is 45.3 Å². The Labute approximate surface area is 293 Å². The van der Waals surface area contributed by atoms with Gasteiger partial charge in [0.25, 0.3) is 0 Å². The average molecular weight is 652 g/mol. The molecule has 11 rings (SSSR count). The number of para-hydroxylation sites is 3. The van der Waals surface area contributed by atoms with E-state index < -0.39 is 0 Å². The minimum atomic E-state index is 0.649. The zero-order valence-electron chi connectivity index (χ0n) is 27.5. The number of rotatable bonds is 4. The lowest BCUT2D eigenvalue weighted by molar-refractivity contribution is 1.03. The molecule has 0 unspecified atom stereocenters. The fourth-order valence-corrected chi connectivity index (χ4v) is 8.10. The van der Waals surface area contributed by atoms with Gasteiger partial charge in [-0.25, -0.2) is 15.0 Å². The van der Waals surface area contributed by atoms with Crippen LogP contribution in [0.2, 0.25) is 0 Å². The number of hydrogen-bond acceptors (Lipinski definition) is 3. The maximum atomic E-state index is 5.17. The summed E-state index contributed by atoms with van der Waals surface area (Å²) in [7, 11) is 0. The quantitative estimate of drug-likeness (QED) is 0.190. The third-order valence-electron chi connectivity index (χ3n) is 10.4. The minimum absolute atomic E-state index is 0.649. The van der Waals surface area contributed by atoms with E-state index in [1.54, 1.807) is 0 Å². The van der Waals surface area contributed by atoms with Crippen molar-refractivity contribution >= 4 is 43.6 Å². The monoisotopic (exact) mass is 651 g/mol. The third-order valence-corrected chi connectivity index (χ3v) is 10.4. The highest BCUT2D eigenvalue weighted by atomic mass is 15.1. The van der Waals surface area contributed by atoms with E-state index in [1.165, 1.54) is 54.8 Å². The standard InChI is InChI=1S/C46H29N5/c1-2-12-32(13-3-1)50-41-18-8-6-15-34(41)36-25-29(21-23-43(36)50)30-22-24-44-37(26-30)35-16-7-9-19-42(35)51(44)45-20-10-17-39(48-45)46-47-28-38-33-14-5-4-11-31(33)27-40(38)49-46/h1-26,28H,27H2. The first-order valence-electron chi connectivity index (χ1n) is 17.3. The van der Waals surface area contributed by atoms with Crippen molar-refractivity contribution < 1.29 is 0 Å². The molecule has 0 amide bonds. The van der Waals surface area contributed by atoms with Gasteiger partial charge in [0.2, 0.25) is 0 Å². The maximum Gasteiger partial charge on any atom is 0.178 e. The molecule has 0 N–H and O–H groups in total. The van der Waals surface area contributed by atoms with E-state index in [0.717, 1.165) is 45.9 Å². The van der Waals surface area contributed by atoms with E-state index in [0.29, 0.717) is 5.82 Å². The Morgan fingerprint density at radius 3 is 1.84 bits per heavy atom. The Hall–Kier alpha value is -6.85. The van der Waals surface area contributed by atoms with Crippen LogP contribution in [0.5, 0.6) is 0 Å². The first-order valence-corrected chi connectivity index (χ1v) is 17.3. The average Bonchev–Trinajstić information content (AvgIpc) is 3.85. The predicted molar refractivity (Wildman–Crippen MR) is 208 cm³/mol. The Morgan fingerprint density at radius 1 is 0.451 bits per heavy atom. The summed E-state index contributed by atoms with van der Waals surface area (Å²) < 4.78 is 4.62. The molecule has 5 nitrogen and oxygen atoms in total. The molecule has 51 heavy (non-hydrogen) atoms. The number of fused-ring (bicyclic) bond motifs is 9. The summed E-state index contributed by atoms with van der Waals surface area (Å²) in [6, 6.07) is 56.2. The Bertz CT molecular complexity index is 3010. The molecule has 6 aromatic carbocycles. The topological polar surface area (TPSA) is 48.5 Å². The summed E-state index contributed by atoms with van der Waals surface area (Å²) in [5, 5.41) is 4.87. The summed E-state index contributed by atoms with van der Waals surface area (Å²) in [5.41, 5.74) is 13.6. The Balaban J connectivity index is 1.03. The summed E-state index contributed by atoms with van der Waals surface area (Å²) in [4.78, 5) is 15.0. The van der Waals surface area contributed by atoms with E-state index in [-0.39, 0.29) is 0 Å². The van der Waals surface area contributed by atoms with Crippen LogP contribution >= 0.6 is 0 Å².